The van der Waals surface area contributed by atoms with Crippen molar-refractivity contribution >= 4 is 22.6 Å². The number of ether oxygens (including phenoxy) is 1. The van der Waals surface area contributed by atoms with E-state index in [-0.39, 0.29) is 0 Å². The molecule has 0 saturated carbocycles. The largest absolute Gasteiger partial charge is 0.483 e. The molecular weight excluding hydrogens is 350 g/mol. The Morgan fingerprint density at radius 3 is 2.43 bits per heavy atom. The van der Waals surface area contributed by atoms with E-state index in [0.29, 0.717) is 48.9 Å². The first kappa shape index (κ1) is 17.9. The molecule has 4 heterocycles. The molecule has 4 atom stereocenters. The molecule has 0 radical (unpaired) electrons. The van der Waals surface area contributed by atoms with E-state index in [0.717, 1.165) is 29.9 Å². The van der Waals surface area contributed by atoms with E-state index in [2.05, 4.69) is 53.0 Å². The predicted molar refractivity (Wildman–Crippen MR) is 112 cm³/mol. The van der Waals surface area contributed by atoms with Gasteiger partial charge in [-0.15, -0.1) is 0 Å². The number of benzene rings is 1. The van der Waals surface area contributed by atoms with Crippen LogP contribution in [-0.2, 0) is 4.74 Å². The lowest BCUT2D eigenvalue weighted by molar-refractivity contribution is 0.102. The van der Waals surface area contributed by atoms with Gasteiger partial charge >= 0.3 is 0 Å². The first-order valence-corrected chi connectivity index (χ1v) is 10.5. The van der Waals surface area contributed by atoms with E-state index in [4.69, 9.17) is 14.7 Å². The van der Waals surface area contributed by atoms with Crippen molar-refractivity contribution in [2.24, 2.45) is 21.8 Å². The summed E-state index contributed by atoms with van der Waals surface area (Å²) in [5, 5.41) is 3.90. The van der Waals surface area contributed by atoms with Crippen LogP contribution in [0.2, 0.25) is 0 Å². The summed E-state index contributed by atoms with van der Waals surface area (Å²) in [5.41, 5.74) is 3.24. The monoisotopic (exact) mass is 379 g/mol. The van der Waals surface area contributed by atoms with Gasteiger partial charge in [0.25, 0.3) is 0 Å². The van der Waals surface area contributed by atoms with Crippen LogP contribution in [-0.4, -0.2) is 53.4 Å². The molecule has 1 aromatic carbocycles. The van der Waals surface area contributed by atoms with Gasteiger partial charge in [0.15, 0.2) is 5.82 Å². The quantitative estimate of drug-likeness (QED) is 0.871. The number of aliphatic imine (C=N–C) groups is 2. The van der Waals surface area contributed by atoms with Crippen LogP contribution < -0.4 is 5.32 Å². The number of aromatic nitrogens is 2. The van der Waals surface area contributed by atoms with Gasteiger partial charge in [-0.3, -0.25) is 4.99 Å². The van der Waals surface area contributed by atoms with Crippen molar-refractivity contribution in [2.75, 3.05) is 20.2 Å². The lowest BCUT2D eigenvalue weighted by Crippen LogP contribution is -2.56. The second-order valence-corrected chi connectivity index (χ2v) is 8.67. The van der Waals surface area contributed by atoms with Crippen molar-refractivity contribution < 1.29 is 4.74 Å². The molecule has 1 aromatic heterocycles. The van der Waals surface area contributed by atoms with Crippen molar-refractivity contribution in [1.29, 1.82) is 0 Å². The number of nitrogens with one attached hydrogen (secondary N) is 1. The Morgan fingerprint density at radius 2 is 1.75 bits per heavy atom. The number of imidazole rings is 1. The number of fused-ring (bicyclic) bond motifs is 3. The maximum Gasteiger partial charge on any atom is 0.205 e. The molecule has 1 N–H and O–H groups in total. The highest BCUT2D eigenvalue weighted by atomic mass is 16.5. The molecule has 3 aliphatic heterocycles. The summed E-state index contributed by atoms with van der Waals surface area (Å²) in [6.45, 7) is 5.83. The fourth-order valence-corrected chi connectivity index (χ4v) is 5.33. The third-order valence-corrected chi connectivity index (χ3v) is 6.86. The van der Waals surface area contributed by atoms with Crippen molar-refractivity contribution in [3.63, 3.8) is 0 Å². The molecular formula is C22H29N5O. The Hall–Kier alpha value is -2.21. The number of rotatable bonds is 2. The fourth-order valence-electron chi connectivity index (χ4n) is 5.33. The maximum absolute atomic E-state index is 5.26. The molecule has 2 bridgehead atoms. The Labute approximate surface area is 166 Å². The van der Waals surface area contributed by atoms with Gasteiger partial charge in [-0.2, -0.15) is 0 Å². The van der Waals surface area contributed by atoms with E-state index < -0.39 is 0 Å². The van der Waals surface area contributed by atoms with E-state index in [1.165, 1.54) is 11.9 Å². The van der Waals surface area contributed by atoms with Crippen molar-refractivity contribution in [3.05, 3.63) is 30.1 Å². The molecule has 0 aliphatic carbocycles. The van der Waals surface area contributed by atoms with Crippen LogP contribution in [0.4, 0.5) is 0 Å². The minimum absolute atomic E-state index is 0.444. The Morgan fingerprint density at radius 1 is 1.00 bits per heavy atom. The normalized spacial score (nSPS) is 32.8. The molecule has 6 heteroatoms. The summed E-state index contributed by atoms with van der Waals surface area (Å²) in [6.07, 6.45) is 3.63. The van der Waals surface area contributed by atoms with Gasteiger partial charge in [-0.1, -0.05) is 26.0 Å². The summed E-state index contributed by atoms with van der Waals surface area (Å²) >= 11 is 0. The number of para-hydroxylation sites is 2. The Kier molecular flexibility index (Phi) is 4.46. The standard InChI is InChI=1S/C22H29N5O/c1-13-8-14(2)18-10-15(9-17(13)25-18)27-20-7-5-4-6-16(20)26-22(27)19-11-24-21(28-3)12-23-19/h4-7,13-15,17-18,25H,8-12H2,1-3H3. The zero-order valence-corrected chi connectivity index (χ0v) is 16.9. The summed E-state index contributed by atoms with van der Waals surface area (Å²) in [4.78, 5) is 14.3. The number of methoxy groups -OCH3 is 1. The van der Waals surface area contributed by atoms with Crippen LogP contribution in [0.1, 0.15) is 45.0 Å². The average molecular weight is 380 g/mol. The van der Waals surface area contributed by atoms with Crippen LogP contribution in [0.3, 0.4) is 0 Å². The highest BCUT2D eigenvalue weighted by molar-refractivity contribution is 6.05. The smallest absolute Gasteiger partial charge is 0.205 e. The lowest BCUT2D eigenvalue weighted by Gasteiger charge is -2.47. The van der Waals surface area contributed by atoms with Crippen molar-refractivity contribution in [1.82, 2.24) is 14.9 Å². The minimum Gasteiger partial charge on any atom is -0.483 e. The van der Waals surface area contributed by atoms with Crippen LogP contribution in [0, 0.1) is 11.8 Å². The first-order valence-electron chi connectivity index (χ1n) is 10.5. The van der Waals surface area contributed by atoms with Gasteiger partial charge in [0.2, 0.25) is 5.90 Å². The molecule has 0 spiro atoms. The van der Waals surface area contributed by atoms with Gasteiger partial charge in [0.1, 0.15) is 6.54 Å². The Bertz CT molecular complexity index is 930. The van der Waals surface area contributed by atoms with E-state index >= 15 is 0 Å². The Balaban J connectivity index is 1.56. The molecule has 148 valence electrons. The minimum atomic E-state index is 0.444. The molecule has 28 heavy (non-hydrogen) atoms. The van der Waals surface area contributed by atoms with E-state index in [1.54, 1.807) is 7.11 Å². The summed E-state index contributed by atoms with van der Waals surface area (Å²) in [6, 6.07) is 10.1. The van der Waals surface area contributed by atoms with Crippen molar-refractivity contribution in [2.45, 2.75) is 51.2 Å². The van der Waals surface area contributed by atoms with E-state index in [9.17, 15) is 0 Å². The van der Waals surface area contributed by atoms with Gasteiger partial charge in [0.05, 0.1) is 30.4 Å². The van der Waals surface area contributed by atoms with Crippen LogP contribution in [0.25, 0.3) is 11.0 Å². The van der Waals surface area contributed by atoms with Gasteiger partial charge < -0.3 is 14.6 Å². The summed E-state index contributed by atoms with van der Waals surface area (Å²) in [7, 11) is 1.66. The fraction of sp³-hybridized carbons (Fsp3) is 0.591. The molecule has 3 aliphatic rings. The third kappa shape index (κ3) is 2.94. The van der Waals surface area contributed by atoms with Gasteiger partial charge in [-0.05, 0) is 43.2 Å². The summed E-state index contributed by atoms with van der Waals surface area (Å²) in [5.74, 6) is 3.12. The second-order valence-electron chi connectivity index (χ2n) is 8.67. The highest BCUT2D eigenvalue weighted by Gasteiger charge is 2.40. The lowest BCUT2D eigenvalue weighted by atomic mass is 9.73. The molecule has 2 aromatic rings. The average Bonchev–Trinajstić information content (AvgIpc) is 3.12. The topological polar surface area (TPSA) is 63.8 Å². The number of hydrogen-bond acceptors (Lipinski definition) is 5. The summed E-state index contributed by atoms with van der Waals surface area (Å²) < 4.78 is 7.73. The molecule has 5 rings (SSSR count). The zero-order chi connectivity index (χ0) is 19.3. The van der Waals surface area contributed by atoms with Crippen LogP contribution in [0.5, 0.6) is 0 Å². The molecule has 4 unspecified atom stereocenters. The van der Waals surface area contributed by atoms with Crippen molar-refractivity contribution in [3.8, 4) is 0 Å². The molecule has 2 saturated heterocycles. The predicted octanol–water partition coefficient (Wildman–Crippen LogP) is 3.22. The van der Waals surface area contributed by atoms with Gasteiger partial charge in [0, 0.05) is 18.1 Å². The number of nitrogens with zero attached hydrogens (tertiary/aromatic N) is 4. The highest BCUT2D eigenvalue weighted by Crippen LogP contribution is 2.40. The molecule has 6 nitrogen and oxygen atoms in total. The first-order chi connectivity index (χ1) is 13.6. The number of hydrogen-bond donors (Lipinski definition) is 1. The van der Waals surface area contributed by atoms with Crippen LogP contribution >= 0.6 is 0 Å². The zero-order valence-electron chi connectivity index (χ0n) is 16.9. The van der Waals surface area contributed by atoms with Crippen LogP contribution in [0.15, 0.2) is 34.3 Å². The van der Waals surface area contributed by atoms with Gasteiger partial charge in [-0.25, -0.2) is 9.98 Å². The maximum atomic E-state index is 5.26. The molecule has 0 amide bonds. The number of piperidine rings is 2. The molecule has 2 fully saturated rings. The third-order valence-electron chi connectivity index (χ3n) is 6.86. The van der Waals surface area contributed by atoms with E-state index in [1.807, 2.05) is 0 Å². The SMILES string of the molecule is COC1=NCC(c2nc3ccccc3n2C2CC3NC(C2)C(C)CC3C)=NC1. The second kappa shape index (κ2) is 6.99.